The molecule has 0 saturated carbocycles. The number of allylic oxidation sites excluding steroid dienone is 6. The highest BCUT2D eigenvalue weighted by Crippen LogP contribution is 2.26. The van der Waals surface area contributed by atoms with E-state index in [4.69, 9.17) is 28.4 Å². The Hall–Kier alpha value is -1.79. The molecule has 2 aliphatic rings. The van der Waals surface area contributed by atoms with E-state index in [1.54, 1.807) is 6.92 Å². The first kappa shape index (κ1) is 54.3. The number of aliphatic hydroxyl groups is 7. The SMILES string of the molecule is CCCCCCC/C=C\C/C=C\C/C=C\CCCCCCCCCCCCCOCC(COC1OC(COC2OC(CO)C(O)C(O)C2O)C(O)C(O)C1O)OC(=O)CC. The Morgan fingerprint density at radius 1 is 0.550 bits per heavy atom. The van der Waals surface area contributed by atoms with E-state index in [0.717, 1.165) is 32.1 Å². The molecule has 0 aromatic carbocycles. The topological polar surface area (TPSA) is 214 Å². The first-order chi connectivity index (χ1) is 29.1. The smallest absolute Gasteiger partial charge is 0.305 e. The summed E-state index contributed by atoms with van der Waals surface area (Å²) in [5, 5.41) is 71.2. The van der Waals surface area contributed by atoms with Crippen molar-refractivity contribution in [1.29, 1.82) is 0 Å². The Bertz CT molecular complexity index is 1130. The monoisotopic (exact) mass is 859 g/mol. The first-order valence-electron chi connectivity index (χ1n) is 23.1. The molecule has 0 aromatic heterocycles. The van der Waals surface area contributed by atoms with Gasteiger partial charge in [0.05, 0.1) is 26.4 Å². The fraction of sp³-hybridized carbons (Fsp3) is 0.848. The van der Waals surface area contributed by atoms with Gasteiger partial charge in [-0.25, -0.2) is 0 Å². The highest BCUT2D eigenvalue weighted by molar-refractivity contribution is 5.69. The maximum Gasteiger partial charge on any atom is 0.305 e. The Morgan fingerprint density at radius 2 is 1.02 bits per heavy atom. The molecule has 0 radical (unpaired) electrons. The van der Waals surface area contributed by atoms with Gasteiger partial charge in [-0.05, 0) is 44.9 Å². The van der Waals surface area contributed by atoms with Crippen LogP contribution in [0, 0.1) is 0 Å². The molecule has 2 aliphatic heterocycles. The minimum absolute atomic E-state index is 0.0501. The van der Waals surface area contributed by atoms with E-state index in [1.165, 1.54) is 96.3 Å². The lowest BCUT2D eigenvalue weighted by molar-refractivity contribution is -0.332. The van der Waals surface area contributed by atoms with Crippen LogP contribution < -0.4 is 0 Å². The van der Waals surface area contributed by atoms with Gasteiger partial charge < -0.3 is 64.2 Å². The summed E-state index contributed by atoms with van der Waals surface area (Å²) in [5.41, 5.74) is 0. The summed E-state index contributed by atoms with van der Waals surface area (Å²) < 4.78 is 33.4. The highest BCUT2D eigenvalue weighted by Gasteiger charge is 2.47. The number of carbonyl (C=O) groups excluding carboxylic acids is 1. The van der Waals surface area contributed by atoms with Crippen molar-refractivity contribution in [2.75, 3.05) is 33.0 Å². The van der Waals surface area contributed by atoms with Crippen LogP contribution in [0.25, 0.3) is 0 Å². The van der Waals surface area contributed by atoms with Crippen molar-refractivity contribution >= 4 is 5.97 Å². The molecule has 0 aromatic rings. The van der Waals surface area contributed by atoms with E-state index in [2.05, 4.69) is 43.4 Å². The van der Waals surface area contributed by atoms with Crippen molar-refractivity contribution in [3.63, 3.8) is 0 Å². The minimum Gasteiger partial charge on any atom is -0.457 e. The number of unbranched alkanes of at least 4 members (excludes halogenated alkanes) is 16. The molecule has 7 N–H and O–H groups in total. The Balaban J connectivity index is 1.52. The third-order valence-corrected chi connectivity index (χ3v) is 11.0. The second-order valence-corrected chi connectivity index (χ2v) is 16.2. The average Bonchev–Trinajstić information content (AvgIpc) is 3.25. The second kappa shape index (κ2) is 34.7. The van der Waals surface area contributed by atoms with E-state index < -0.39 is 86.7 Å². The summed E-state index contributed by atoms with van der Waals surface area (Å²) >= 11 is 0. The zero-order valence-electron chi connectivity index (χ0n) is 36.7. The van der Waals surface area contributed by atoms with Gasteiger partial charge in [0.25, 0.3) is 0 Å². The fourth-order valence-electron chi connectivity index (χ4n) is 7.09. The number of aliphatic hydroxyl groups excluding tert-OH is 7. The molecule has 14 nitrogen and oxygen atoms in total. The molecule has 2 fully saturated rings. The minimum atomic E-state index is -1.70. The maximum absolute atomic E-state index is 12.1. The first-order valence-corrected chi connectivity index (χ1v) is 23.1. The van der Waals surface area contributed by atoms with Crippen molar-refractivity contribution in [3.8, 4) is 0 Å². The van der Waals surface area contributed by atoms with Crippen molar-refractivity contribution < 1.29 is 69.0 Å². The van der Waals surface area contributed by atoms with Crippen molar-refractivity contribution in [2.24, 2.45) is 0 Å². The summed E-state index contributed by atoms with van der Waals surface area (Å²) in [4.78, 5) is 12.1. The standard InChI is InChI=1S/C46H82O14/c1-3-5-6-7-8-9-10-11-12-13-14-15-16-17-18-19-20-21-22-23-24-25-26-27-28-29-30-55-32-35(58-38(48)4-2)33-56-45-44(54)42(52)40(50)37(60-45)34-57-46-43(53)41(51)39(49)36(31-47)59-46/h10-11,13-14,16-17,35-37,39-47,49-54H,3-9,12,15,18-34H2,1-2H3/b11-10-,14-13-,17-16-. The van der Waals surface area contributed by atoms with E-state index in [-0.39, 0.29) is 19.6 Å². The van der Waals surface area contributed by atoms with Gasteiger partial charge in [-0.3, -0.25) is 4.79 Å². The van der Waals surface area contributed by atoms with E-state index in [9.17, 15) is 40.5 Å². The lowest BCUT2D eigenvalue weighted by Gasteiger charge is -2.42. The zero-order chi connectivity index (χ0) is 43.8. The van der Waals surface area contributed by atoms with Crippen molar-refractivity contribution in [1.82, 2.24) is 0 Å². The zero-order valence-corrected chi connectivity index (χ0v) is 36.7. The molecule has 2 saturated heterocycles. The summed E-state index contributed by atoms with van der Waals surface area (Å²) in [7, 11) is 0. The van der Waals surface area contributed by atoms with Gasteiger partial charge >= 0.3 is 5.97 Å². The van der Waals surface area contributed by atoms with Crippen LogP contribution in [-0.4, -0.2) is 142 Å². The van der Waals surface area contributed by atoms with Gasteiger partial charge in [0.1, 0.15) is 54.9 Å². The predicted octanol–water partition coefficient (Wildman–Crippen LogP) is 5.46. The highest BCUT2D eigenvalue weighted by atomic mass is 16.7. The van der Waals surface area contributed by atoms with E-state index in [0.29, 0.717) is 6.61 Å². The molecule has 14 heteroatoms. The molecule has 350 valence electrons. The van der Waals surface area contributed by atoms with E-state index >= 15 is 0 Å². The molecular weight excluding hydrogens is 776 g/mol. The van der Waals surface area contributed by atoms with Gasteiger partial charge in [-0.1, -0.05) is 134 Å². The van der Waals surface area contributed by atoms with Crippen LogP contribution in [0.2, 0.25) is 0 Å². The Morgan fingerprint density at radius 3 is 1.55 bits per heavy atom. The van der Waals surface area contributed by atoms with Gasteiger partial charge in [0.2, 0.25) is 0 Å². The number of hydrogen-bond donors (Lipinski definition) is 7. The summed E-state index contributed by atoms with van der Waals surface area (Å²) in [6.07, 6.45) is 22.1. The van der Waals surface area contributed by atoms with Crippen LogP contribution in [0.15, 0.2) is 36.5 Å². The fourth-order valence-corrected chi connectivity index (χ4v) is 7.09. The second-order valence-electron chi connectivity index (χ2n) is 16.2. The van der Waals surface area contributed by atoms with E-state index in [1.807, 2.05) is 0 Å². The largest absolute Gasteiger partial charge is 0.457 e. The number of rotatable bonds is 35. The lowest BCUT2D eigenvalue weighted by atomic mass is 9.98. The molecule has 11 unspecified atom stereocenters. The molecule has 11 atom stereocenters. The summed E-state index contributed by atoms with van der Waals surface area (Å²) in [5.74, 6) is -0.466. The molecule has 0 aliphatic carbocycles. The van der Waals surface area contributed by atoms with Crippen LogP contribution in [0.5, 0.6) is 0 Å². The van der Waals surface area contributed by atoms with Crippen LogP contribution in [0.1, 0.15) is 149 Å². The number of carbonyl (C=O) groups is 1. The van der Waals surface area contributed by atoms with Crippen molar-refractivity contribution in [2.45, 2.75) is 216 Å². The molecule has 2 heterocycles. The molecule has 0 spiro atoms. The Labute approximate surface area is 359 Å². The third kappa shape index (κ3) is 23.1. The molecule has 0 bridgehead atoms. The average molecular weight is 859 g/mol. The lowest BCUT2D eigenvalue weighted by Crippen LogP contribution is -2.61. The van der Waals surface area contributed by atoms with Crippen LogP contribution in [-0.2, 0) is 33.2 Å². The molecule has 0 amide bonds. The van der Waals surface area contributed by atoms with Crippen LogP contribution in [0.3, 0.4) is 0 Å². The number of esters is 1. The van der Waals surface area contributed by atoms with Crippen molar-refractivity contribution in [3.05, 3.63) is 36.5 Å². The molecule has 2 rings (SSSR count). The number of hydrogen-bond acceptors (Lipinski definition) is 14. The number of ether oxygens (including phenoxy) is 6. The van der Waals surface area contributed by atoms with Crippen LogP contribution >= 0.6 is 0 Å². The summed E-state index contributed by atoms with van der Waals surface area (Å²) in [6.45, 7) is 3.07. The van der Waals surface area contributed by atoms with Gasteiger partial charge in [-0.2, -0.15) is 0 Å². The molecular formula is C46H82O14. The quantitative estimate of drug-likeness (QED) is 0.0240. The molecule has 60 heavy (non-hydrogen) atoms. The van der Waals surface area contributed by atoms with Crippen LogP contribution in [0.4, 0.5) is 0 Å². The van der Waals surface area contributed by atoms with Gasteiger partial charge in [-0.15, -0.1) is 0 Å². The Kier molecular flexibility index (Phi) is 31.4. The summed E-state index contributed by atoms with van der Waals surface area (Å²) in [6, 6.07) is 0. The van der Waals surface area contributed by atoms with Gasteiger partial charge in [0.15, 0.2) is 12.6 Å². The van der Waals surface area contributed by atoms with Gasteiger partial charge in [0, 0.05) is 13.0 Å². The predicted molar refractivity (Wildman–Crippen MR) is 229 cm³/mol. The normalized spacial score (nSPS) is 28.0. The third-order valence-electron chi connectivity index (χ3n) is 11.0. The maximum atomic E-state index is 12.1.